The van der Waals surface area contributed by atoms with Crippen molar-refractivity contribution in [3.05, 3.63) is 92.2 Å². The maximum atomic E-state index is 14.4. The van der Waals surface area contributed by atoms with Gasteiger partial charge < -0.3 is 52.3 Å². The topological polar surface area (TPSA) is 323 Å². The lowest BCUT2D eigenvalue weighted by Crippen LogP contribution is -2.65. The second kappa shape index (κ2) is 14.4. The van der Waals surface area contributed by atoms with Crippen LogP contribution in [0.2, 0.25) is 0 Å². The van der Waals surface area contributed by atoms with E-state index >= 15 is 0 Å². The Labute approximate surface area is 345 Å². The summed E-state index contributed by atoms with van der Waals surface area (Å²) in [4.78, 5) is 79.4. The quantitative estimate of drug-likeness (QED) is 0.182. The first-order chi connectivity index (χ1) is 28.4. The van der Waals surface area contributed by atoms with E-state index in [0.29, 0.717) is 12.0 Å². The molecule has 18 nitrogen and oxygen atoms in total. The predicted octanol–water partition coefficient (Wildman–Crippen LogP) is 0.0671. The molecule has 2 fully saturated rings. The summed E-state index contributed by atoms with van der Waals surface area (Å²) in [7, 11) is 6.13. The molecule has 2 amide bonds. The number of nitrogens with zero attached hydrogens (tertiary/aromatic N) is 2. The van der Waals surface area contributed by atoms with Crippen LogP contribution in [0.15, 0.2) is 64.1 Å². The molecule has 2 aromatic rings. The van der Waals surface area contributed by atoms with Crippen molar-refractivity contribution in [2.45, 2.75) is 49.0 Å². The second-order valence-corrected chi connectivity index (χ2v) is 16.7. The fourth-order valence-corrected chi connectivity index (χ4v) is 10.4. The van der Waals surface area contributed by atoms with Gasteiger partial charge in [-0.05, 0) is 89.5 Å². The number of carbonyl (C=O) groups excluding carboxylic acids is 6. The number of aliphatic hydroxyl groups excluding tert-OH is 4. The first-order valence-corrected chi connectivity index (χ1v) is 19.0. The highest BCUT2D eigenvalue weighted by molar-refractivity contribution is 6.25. The molecule has 0 aromatic heterocycles. The Morgan fingerprint density at radius 3 is 1.52 bits per heavy atom. The van der Waals surface area contributed by atoms with Crippen LogP contribution in [0.4, 0.5) is 4.39 Å². The lowest BCUT2D eigenvalue weighted by molar-refractivity contribution is -0.155. The summed E-state index contributed by atoms with van der Waals surface area (Å²) < 4.78 is 14.4. The molecule has 12 N–H and O–H groups in total. The summed E-state index contributed by atoms with van der Waals surface area (Å²) in [5.74, 6) is -14.7. The molecule has 0 spiro atoms. The number of phenolic OH excluding ortho intramolecular Hbond substituents is 2. The number of rotatable bonds is 4. The number of aliphatic hydroxyl groups is 6. The van der Waals surface area contributed by atoms with E-state index in [9.17, 15) is 74.0 Å². The molecule has 0 radical (unpaired) electrons. The molecule has 6 aliphatic rings. The number of aromatic hydroxyl groups is 2. The van der Waals surface area contributed by atoms with E-state index in [1.165, 1.54) is 30.0 Å². The van der Waals surface area contributed by atoms with Crippen LogP contribution in [0.5, 0.6) is 11.5 Å². The average Bonchev–Trinajstić information content (AvgIpc) is 3.16. The number of carbonyl (C=O) groups is 6. The summed E-state index contributed by atoms with van der Waals surface area (Å²) >= 11 is 0. The summed E-state index contributed by atoms with van der Waals surface area (Å²) in [6.45, 7) is 0. The lowest BCUT2D eigenvalue weighted by Gasteiger charge is -2.50. The summed E-state index contributed by atoms with van der Waals surface area (Å²) in [5.41, 5.74) is 3.50. The van der Waals surface area contributed by atoms with E-state index in [2.05, 4.69) is 0 Å². The van der Waals surface area contributed by atoms with Crippen LogP contribution in [-0.2, 0) is 41.6 Å². The van der Waals surface area contributed by atoms with E-state index < -0.39 is 128 Å². The van der Waals surface area contributed by atoms with Crippen molar-refractivity contribution < 1.29 is 74.0 Å². The maximum Gasteiger partial charge on any atom is 0.255 e. The summed E-state index contributed by atoms with van der Waals surface area (Å²) in [6.07, 6.45) is 0.222. The van der Waals surface area contributed by atoms with Gasteiger partial charge in [0.15, 0.2) is 22.8 Å². The zero-order valence-corrected chi connectivity index (χ0v) is 33.1. The molecule has 2 saturated carbocycles. The fraction of sp³-hybridized carbons (Fsp3) is 0.381. The molecule has 0 heterocycles. The molecule has 8 atom stereocenters. The number of ketones is 4. The number of amides is 2. The molecular formula is C42H43FN4O14. The minimum Gasteiger partial charge on any atom is -0.508 e. The number of hydrogen-bond donors (Lipinski definition) is 10. The molecule has 322 valence electrons. The summed E-state index contributed by atoms with van der Waals surface area (Å²) in [5, 5.41) is 86.0. The van der Waals surface area contributed by atoms with Gasteiger partial charge in [-0.1, -0.05) is 12.1 Å². The minimum absolute atomic E-state index is 0.00520. The fourth-order valence-electron chi connectivity index (χ4n) is 10.4. The standard InChI is InChI=1S/C21H21FN2O7.C21H22N2O7/c1-24(2)15-9-6-7-5-8-10(22)3-4-11(25)13(8)16(26)12(7)18(28)21(9,31)19(29)14(17(15)27)20(23)30;1-23(2)15-10-7-9-6-8-4-3-5-11(24)12(8)16(25)13(9)18(27)21(10,30)19(28)14(17(15)26)20(22)29/h3-4,7,9,15,25-26,29,31H,5-6H2,1-2H3,(H2,23,30);3-5,9-10,15,24-25,28,30H,6-7H2,1-2H3,(H2,22,29)/t7-,9-,15-,21-;9-,10-,15-,21-/m00/s1. The Bertz CT molecular complexity index is 2540. The first-order valence-electron chi connectivity index (χ1n) is 19.0. The van der Waals surface area contributed by atoms with Gasteiger partial charge in [0.2, 0.25) is 11.6 Å². The Kier molecular flexibility index (Phi) is 10.1. The number of benzene rings is 2. The van der Waals surface area contributed by atoms with Gasteiger partial charge >= 0.3 is 0 Å². The van der Waals surface area contributed by atoms with Crippen LogP contribution in [0.3, 0.4) is 0 Å². The molecule has 2 aromatic carbocycles. The normalized spacial score (nSPS) is 30.6. The number of phenols is 2. The average molecular weight is 847 g/mol. The van der Waals surface area contributed by atoms with Crippen LogP contribution in [0.25, 0.3) is 11.5 Å². The van der Waals surface area contributed by atoms with Crippen LogP contribution >= 0.6 is 0 Å². The van der Waals surface area contributed by atoms with Crippen molar-refractivity contribution in [2.75, 3.05) is 28.2 Å². The van der Waals surface area contributed by atoms with Crippen LogP contribution in [-0.4, -0.2) is 137 Å². The van der Waals surface area contributed by atoms with Gasteiger partial charge in [-0.25, -0.2) is 4.39 Å². The monoisotopic (exact) mass is 846 g/mol. The number of hydrogen-bond acceptors (Lipinski definition) is 16. The van der Waals surface area contributed by atoms with Crippen molar-refractivity contribution in [3.8, 4) is 11.5 Å². The van der Waals surface area contributed by atoms with Gasteiger partial charge in [0.1, 0.15) is 51.5 Å². The molecule has 0 unspecified atom stereocenters. The summed E-state index contributed by atoms with van der Waals surface area (Å²) in [6, 6.07) is 4.51. The molecule has 19 heteroatoms. The van der Waals surface area contributed by atoms with Gasteiger partial charge in [-0.3, -0.25) is 38.6 Å². The largest absolute Gasteiger partial charge is 0.508 e. The number of primary amides is 2. The Hall–Kier alpha value is -6.41. The molecule has 61 heavy (non-hydrogen) atoms. The highest BCUT2D eigenvalue weighted by Crippen LogP contribution is 2.54. The highest BCUT2D eigenvalue weighted by Gasteiger charge is 2.65. The first kappa shape index (κ1) is 42.7. The van der Waals surface area contributed by atoms with Gasteiger partial charge in [-0.2, -0.15) is 0 Å². The Balaban J connectivity index is 0.000000184. The van der Waals surface area contributed by atoms with Crippen LogP contribution < -0.4 is 11.5 Å². The zero-order chi connectivity index (χ0) is 45.1. The number of Topliss-reactive ketones (excluding diaryl/α,β-unsaturated/α-hetero) is 4. The number of likely N-dealkylation sites (N-methyl/N-ethyl adjacent to an activating group) is 2. The third-order valence-corrected chi connectivity index (χ3v) is 13.0. The number of fused-ring (bicyclic) bond motifs is 6. The number of nitrogens with two attached hydrogens (primary N) is 2. The van der Waals surface area contributed by atoms with Crippen molar-refractivity contribution in [1.82, 2.24) is 9.80 Å². The molecule has 8 rings (SSSR count). The predicted molar refractivity (Wildman–Crippen MR) is 208 cm³/mol. The second-order valence-electron chi connectivity index (χ2n) is 16.7. The van der Waals surface area contributed by atoms with E-state index in [1.807, 2.05) is 0 Å². The smallest absolute Gasteiger partial charge is 0.255 e. The van der Waals surface area contributed by atoms with E-state index in [-0.39, 0.29) is 52.8 Å². The molecule has 0 bridgehead atoms. The molecule has 0 saturated heterocycles. The van der Waals surface area contributed by atoms with Crippen LogP contribution in [0, 0.1) is 29.5 Å². The zero-order valence-electron chi connectivity index (χ0n) is 33.1. The van der Waals surface area contributed by atoms with Crippen molar-refractivity contribution in [1.29, 1.82) is 0 Å². The Morgan fingerprint density at radius 2 is 1.08 bits per heavy atom. The van der Waals surface area contributed by atoms with Gasteiger partial charge in [0.05, 0.1) is 23.2 Å². The third kappa shape index (κ3) is 5.82. The van der Waals surface area contributed by atoms with Crippen molar-refractivity contribution in [3.63, 3.8) is 0 Å². The van der Waals surface area contributed by atoms with E-state index in [4.69, 9.17) is 11.5 Å². The molecule has 6 aliphatic carbocycles. The van der Waals surface area contributed by atoms with Gasteiger partial charge in [0, 0.05) is 28.5 Å². The minimum atomic E-state index is -2.70. The van der Waals surface area contributed by atoms with Gasteiger partial charge in [-0.15, -0.1) is 0 Å². The maximum absolute atomic E-state index is 14.4. The van der Waals surface area contributed by atoms with E-state index in [0.717, 1.165) is 12.1 Å². The third-order valence-electron chi connectivity index (χ3n) is 13.0. The molecule has 0 aliphatic heterocycles. The van der Waals surface area contributed by atoms with Gasteiger partial charge in [0.25, 0.3) is 11.8 Å². The Morgan fingerprint density at radius 1 is 0.656 bits per heavy atom. The lowest BCUT2D eigenvalue weighted by atomic mass is 9.57. The SMILES string of the molecule is CN(C)[C@@H]1C(=O)C(C(N)=O)=C(O)[C@@]2(O)C(=O)C3=C(O)c4c(O)ccc(F)c4C[C@H]3C[C@@H]12.CN(C)[C@@H]1C(=O)C(C(N)=O)=C(O)[C@@]2(O)C(=O)C3=C(O)c4c(O)cccc4C[C@H]3C[C@@H]12. The number of halogens is 1. The van der Waals surface area contributed by atoms with Crippen molar-refractivity contribution >= 4 is 46.5 Å². The molecular weight excluding hydrogens is 803 g/mol. The van der Waals surface area contributed by atoms with Crippen LogP contribution in [0.1, 0.15) is 35.1 Å². The highest BCUT2D eigenvalue weighted by atomic mass is 19.1. The van der Waals surface area contributed by atoms with Crippen molar-refractivity contribution in [2.24, 2.45) is 35.1 Å². The van der Waals surface area contributed by atoms with E-state index in [1.54, 1.807) is 26.2 Å².